The van der Waals surface area contributed by atoms with E-state index in [-0.39, 0.29) is 12.1 Å². The van der Waals surface area contributed by atoms with Crippen LogP contribution in [0.15, 0.2) is 40.2 Å². The molecule has 2 aromatic rings. The van der Waals surface area contributed by atoms with Crippen LogP contribution in [0.1, 0.15) is 29.0 Å². The number of halogens is 1. The Morgan fingerprint density at radius 3 is 2.40 bits per heavy atom. The van der Waals surface area contributed by atoms with Gasteiger partial charge in [0.1, 0.15) is 0 Å². The molecule has 0 aliphatic rings. The highest BCUT2D eigenvalue weighted by molar-refractivity contribution is 9.10. The monoisotopic (exact) mass is 352 g/mol. The van der Waals surface area contributed by atoms with Crippen molar-refractivity contribution in [2.75, 3.05) is 7.05 Å². The summed E-state index contributed by atoms with van der Waals surface area (Å²) in [5, 5.41) is 2.15. The van der Waals surface area contributed by atoms with Crippen molar-refractivity contribution in [3.63, 3.8) is 0 Å². The third-order valence-corrected chi connectivity index (χ3v) is 5.11. The highest BCUT2D eigenvalue weighted by Gasteiger charge is 2.23. The molecule has 0 radical (unpaired) electrons. The minimum Gasteiger partial charge on any atom is -0.326 e. The Kier molecular flexibility index (Phi) is 5.38. The van der Waals surface area contributed by atoms with E-state index in [0.29, 0.717) is 0 Å². The number of nitrogens with two attached hydrogens (primary N) is 1. The third kappa shape index (κ3) is 3.70. The molecule has 0 aliphatic heterocycles. The van der Waals surface area contributed by atoms with Crippen LogP contribution in [-0.2, 0) is 6.54 Å². The Morgan fingerprint density at radius 2 is 1.90 bits per heavy atom. The van der Waals surface area contributed by atoms with Crippen LogP contribution in [0, 0.1) is 6.92 Å². The molecule has 0 saturated heterocycles. The zero-order chi connectivity index (χ0) is 14.7. The molecule has 1 aromatic heterocycles. The number of hydrogen-bond acceptors (Lipinski definition) is 3. The number of hydrogen-bond donors (Lipinski definition) is 1. The van der Waals surface area contributed by atoms with E-state index in [9.17, 15) is 0 Å². The first-order valence-electron chi connectivity index (χ1n) is 6.73. The fraction of sp³-hybridized carbons (Fsp3) is 0.375. The molecule has 2 unspecified atom stereocenters. The second kappa shape index (κ2) is 6.85. The lowest BCUT2D eigenvalue weighted by Gasteiger charge is -2.31. The highest BCUT2D eigenvalue weighted by atomic mass is 79.9. The molecule has 0 saturated carbocycles. The maximum Gasteiger partial charge on any atom is 0.0593 e. The van der Waals surface area contributed by atoms with Gasteiger partial charge in [0.15, 0.2) is 0 Å². The molecule has 4 heteroatoms. The molecule has 20 heavy (non-hydrogen) atoms. The zero-order valence-corrected chi connectivity index (χ0v) is 14.5. The number of nitrogens with zero attached hydrogens (tertiary/aromatic N) is 1. The molecule has 2 rings (SSSR count). The second-order valence-electron chi connectivity index (χ2n) is 5.31. The Bertz CT molecular complexity index is 548. The fourth-order valence-corrected chi connectivity index (χ4v) is 3.97. The first kappa shape index (κ1) is 15.7. The van der Waals surface area contributed by atoms with Crippen molar-refractivity contribution in [2.24, 2.45) is 5.73 Å². The molecule has 0 spiro atoms. The van der Waals surface area contributed by atoms with Gasteiger partial charge in [-0.05, 0) is 55.6 Å². The molecule has 1 heterocycles. The summed E-state index contributed by atoms with van der Waals surface area (Å²) < 4.78 is 1.11. The van der Waals surface area contributed by atoms with Crippen molar-refractivity contribution in [3.8, 4) is 0 Å². The normalized spacial score (nSPS) is 14.5. The minimum atomic E-state index is 0.104. The van der Waals surface area contributed by atoms with E-state index in [2.05, 4.69) is 77.4 Å². The second-order valence-corrected chi connectivity index (χ2v) is 7.18. The van der Waals surface area contributed by atoms with E-state index < -0.39 is 0 Å². The summed E-state index contributed by atoms with van der Waals surface area (Å²) in [5.74, 6) is 0. The first-order chi connectivity index (χ1) is 9.49. The third-order valence-electron chi connectivity index (χ3n) is 3.49. The molecule has 1 aromatic carbocycles. The van der Waals surface area contributed by atoms with Gasteiger partial charge in [0.25, 0.3) is 0 Å². The highest BCUT2D eigenvalue weighted by Crippen LogP contribution is 2.31. The number of likely N-dealkylation sites (N-methyl/N-ethyl adjacent to an activating group) is 1. The summed E-state index contributed by atoms with van der Waals surface area (Å²) in [6.07, 6.45) is 0. The van der Waals surface area contributed by atoms with Gasteiger partial charge in [-0.2, -0.15) is 0 Å². The van der Waals surface area contributed by atoms with E-state index in [4.69, 9.17) is 5.73 Å². The van der Waals surface area contributed by atoms with Gasteiger partial charge >= 0.3 is 0 Å². The van der Waals surface area contributed by atoms with Crippen molar-refractivity contribution >= 4 is 27.3 Å². The maximum atomic E-state index is 6.23. The SMILES string of the molecule is Cc1ccsc1C(C(C)N)N(C)Cc1ccc(Br)cc1. The largest absolute Gasteiger partial charge is 0.326 e. The molecule has 0 fully saturated rings. The van der Waals surface area contributed by atoms with Gasteiger partial charge in [-0.3, -0.25) is 4.90 Å². The van der Waals surface area contributed by atoms with E-state index in [1.165, 1.54) is 16.0 Å². The minimum absolute atomic E-state index is 0.104. The number of benzene rings is 1. The van der Waals surface area contributed by atoms with Gasteiger partial charge in [0.05, 0.1) is 6.04 Å². The Labute approximate surface area is 133 Å². The predicted octanol–water partition coefficient (Wildman–Crippen LogP) is 4.34. The maximum absolute atomic E-state index is 6.23. The Balaban J connectivity index is 2.18. The van der Waals surface area contributed by atoms with Gasteiger partial charge in [-0.15, -0.1) is 11.3 Å². The van der Waals surface area contributed by atoms with Gasteiger partial charge < -0.3 is 5.73 Å². The number of thiophene rings is 1. The lowest BCUT2D eigenvalue weighted by Crippen LogP contribution is -2.36. The van der Waals surface area contributed by atoms with Crippen LogP contribution in [-0.4, -0.2) is 18.0 Å². The van der Waals surface area contributed by atoms with Crippen LogP contribution in [0.5, 0.6) is 0 Å². The topological polar surface area (TPSA) is 29.3 Å². The quantitative estimate of drug-likeness (QED) is 0.866. The summed E-state index contributed by atoms with van der Waals surface area (Å²) in [5.41, 5.74) is 8.87. The van der Waals surface area contributed by atoms with Gasteiger partial charge in [0.2, 0.25) is 0 Å². The zero-order valence-electron chi connectivity index (χ0n) is 12.1. The lowest BCUT2D eigenvalue weighted by atomic mass is 10.0. The Hall–Kier alpha value is -0.680. The van der Waals surface area contributed by atoms with Crippen LogP contribution in [0.2, 0.25) is 0 Å². The van der Waals surface area contributed by atoms with Crippen LogP contribution in [0.3, 0.4) is 0 Å². The average molecular weight is 353 g/mol. The van der Waals surface area contributed by atoms with Crippen molar-refractivity contribution in [3.05, 3.63) is 56.2 Å². The van der Waals surface area contributed by atoms with E-state index >= 15 is 0 Å². The van der Waals surface area contributed by atoms with Crippen molar-refractivity contribution in [1.29, 1.82) is 0 Å². The molecule has 0 aliphatic carbocycles. The molecule has 0 bridgehead atoms. The summed E-state index contributed by atoms with van der Waals surface area (Å²) in [7, 11) is 2.15. The van der Waals surface area contributed by atoms with Gasteiger partial charge in [-0.25, -0.2) is 0 Å². The van der Waals surface area contributed by atoms with Crippen LogP contribution < -0.4 is 5.73 Å². The molecule has 2 nitrogen and oxygen atoms in total. The average Bonchev–Trinajstić information content (AvgIpc) is 2.78. The first-order valence-corrected chi connectivity index (χ1v) is 8.40. The molecule has 108 valence electrons. The van der Waals surface area contributed by atoms with Crippen molar-refractivity contribution in [1.82, 2.24) is 4.90 Å². The summed E-state index contributed by atoms with van der Waals surface area (Å²) in [6.45, 7) is 5.15. The van der Waals surface area contributed by atoms with Crippen LogP contribution in [0.25, 0.3) is 0 Å². The molecule has 0 amide bonds. The van der Waals surface area contributed by atoms with E-state index in [1.807, 2.05) is 0 Å². The fourth-order valence-electron chi connectivity index (χ4n) is 2.50. The predicted molar refractivity (Wildman–Crippen MR) is 91.1 cm³/mol. The van der Waals surface area contributed by atoms with Gasteiger partial charge in [0, 0.05) is 21.9 Å². The molecule has 2 atom stereocenters. The van der Waals surface area contributed by atoms with E-state index in [1.54, 1.807) is 11.3 Å². The standard InChI is InChI=1S/C16H21BrN2S/c1-11-8-9-20-16(11)15(12(2)18)19(3)10-13-4-6-14(17)7-5-13/h4-9,12,15H,10,18H2,1-3H3. The lowest BCUT2D eigenvalue weighted by molar-refractivity contribution is 0.213. The number of rotatable bonds is 5. The molecular weight excluding hydrogens is 332 g/mol. The Morgan fingerprint density at radius 1 is 1.25 bits per heavy atom. The van der Waals surface area contributed by atoms with Crippen molar-refractivity contribution < 1.29 is 0 Å². The molecular formula is C16H21BrN2S. The summed E-state index contributed by atoms with van der Waals surface area (Å²) in [4.78, 5) is 3.71. The van der Waals surface area contributed by atoms with Crippen LogP contribution >= 0.6 is 27.3 Å². The smallest absolute Gasteiger partial charge is 0.0593 e. The van der Waals surface area contributed by atoms with Crippen molar-refractivity contribution in [2.45, 2.75) is 32.5 Å². The number of aryl methyl sites for hydroxylation is 1. The summed E-state index contributed by atoms with van der Waals surface area (Å²) >= 11 is 5.27. The van der Waals surface area contributed by atoms with E-state index in [0.717, 1.165) is 11.0 Å². The summed E-state index contributed by atoms with van der Waals surface area (Å²) in [6, 6.07) is 11.0. The van der Waals surface area contributed by atoms with Crippen LogP contribution in [0.4, 0.5) is 0 Å². The molecule has 2 N–H and O–H groups in total. The van der Waals surface area contributed by atoms with Gasteiger partial charge in [-0.1, -0.05) is 28.1 Å².